The van der Waals surface area contributed by atoms with E-state index >= 15 is 0 Å². The molecule has 1 aliphatic rings. The standard InChI is InChI=1S/C12H23N3O2/c1-12(2,3)9(13)8-11(17)15-6-4-10(16)14-5-7-15/h9H,4-8,13H2,1-3H3,(H,14,16). The van der Waals surface area contributed by atoms with E-state index in [0.717, 1.165) is 0 Å². The van der Waals surface area contributed by atoms with Crippen LogP contribution in [0.2, 0.25) is 0 Å². The summed E-state index contributed by atoms with van der Waals surface area (Å²) in [6, 6.07) is -0.151. The van der Waals surface area contributed by atoms with Crippen LogP contribution in [0.3, 0.4) is 0 Å². The van der Waals surface area contributed by atoms with Crippen LogP contribution in [0, 0.1) is 5.41 Å². The van der Waals surface area contributed by atoms with E-state index in [1.807, 2.05) is 20.8 Å². The van der Waals surface area contributed by atoms with Crippen molar-refractivity contribution in [3.05, 3.63) is 0 Å². The first-order chi connectivity index (χ1) is 7.80. The summed E-state index contributed by atoms with van der Waals surface area (Å²) in [6.45, 7) is 7.70. The first kappa shape index (κ1) is 14.0. The molecule has 0 aliphatic carbocycles. The molecule has 0 aromatic carbocycles. The molecule has 1 aliphatic heterocycles. The Morgan fingerprint density at radius 2 is 2.12 bits per heavy atom. The summed E-state index contributed by atoms with van der Waals surface area (Å²) < 4.78 is 0. The molecule has 98 valence electrons. The fourth-order valence-electron chi connectivity index (χ4n) is 1.64. The molecule has 2 amide bonds. The van der Waals surface area contributed by atoms with Crippen molar-refractivity contribution < 1.29 is 9.59 Å². The molecule has 5 nitrogen and oxygen atoms in total. The highest BCUT2D eigenvalue weighted by Crippen LogP contribution is 2.20. The zero-order valence-electron chi connectivity index (χ0n) is 11.0. The minimum Gasteiger partial charge on any atom is -0.354 e. The van der Waals surface area contributed by atoms with Gasteiger partial charge in [-0.1, -0.05) is 20.8 Å². The van der Waals surface area contributed by atoms with Gasteiger partial charge in [-0.25, -0.2) is 0 Å². The summed E-state index contributed by atoms with van der Waals surface area (Å²) in [5.41, 5.74) is 5.92. The quantitative estimate of drug-likeness (QED) is 0.720. The lowest BCUT2D eigenvalue weighted by Crippen LogP contribution is -2.42. The van der Waals surface area contributed by atoms with Crippen LogP contribution in [-0.4, -0.2) is 42.4 Å². The highest BCUT2D eigenvalue weighted by atomic mass is 16.2. The van der Waals surface area contributed by atoms with Gasteiger partial charge in [0.1, 0.15) is 0 Å². The smallest absolute Gasteiger partial charge is 0.224 e. The average molecular weight is 241 g/mol. The number of hydrogen-bond donors (Lipinski definition) is 2. The summed E-state index contributed by atoms with van der Waals surface area (Å²) in [4.78, 5) is 24.9. The fourth-order valence-corrected chi connectivity index (χ4v) is 1.64. The van der Waals surface area contributed by atoms with E-state index in [1.54, 1.807) is 4.90 Å². The van der Waals surface area contributed by atoms with Gasteiger partial charge in [-0.05, 0) is 5.41 Å². The second-order valence-electron chi connectivity index (χ2n) is 5.66. The van der Waals surface area contributed by atoms with E-state index in [9.17, 15) is 9.59 Å². The van der Waals surface area contributed by atoms with Crippen molar-refractivity contribution in [1.29, 1.82) is 0 Å². The van der Waals surface area contributed by atoms with E-state index in [-0.39, 0.29) is 23.3 Å². The van der Waals surface area contributed by atoms with Gasteiger partial charge in [0, 0.05) is 38.5 Å². The van der Waals surface area contributed by atoms with Crippen molar-refractivity contribution in [2.75, 3.05) is 19.6 Å². The van der Waals surface area contributed by atoms with Crippen LogP contribution in [0.5, 0.6) is 0 Å². The lowest BCUT2D eigenvalue weighted by molar-refractivity contribution is -0.132. The number of nitrogens with zero attached hydrogens (tertiary/aromatic N) is 1. The van der Waals surface area contributed by atoms with Gasteiger partial charge in [0.25, 0.3) is 0 Å². The lowest BCUT2D eigenvalue weighted by Gasteiger charge is -2.29. The van der Waals surface area contributed by atoms with E-state index in [1.165, 1.54) is 0 Å². The lowest BCUT2D eigenvalue weighted by atomic mass is 9.85. The Hall–Kier alpha value is -1.10. The third-order valence-electron chi connectivity index (χ3n) is 3.17. The molecular weight excluding hydrogens is 218 g/mol. The molecule has 0 bridgehead atoms. The maximum absolute atomic E-state index is 12.0. The highest BCUT2D eigenvalue weighted by Gasteiger charge is 2.26. The number of nitrogens with two attached hydrogens (primary N) is 1. The Morgan fingerprint density at radius 1 is 1.47 bits per heavy atom. The average Bonchev–Trinajstić information content (AvgIpc) is 2.41. The van der Waals surface area contributed by atoms with Crippen LogP contribution < -0.4 is 11.1 Å². The third-order valence-corrected chi connectivity index (χ3v) is 3.17. The Labute approximate surface area is 103 Å². The molecule has 0 spiro atoms. The molecule has 1 saturated heterocycles. The molecular formula is C12H23N3O2. The molecule has 1 atom stereocenters. The van der Waals surface area contributed by atoms with Crippen molar-refractivity contribution in [2.45, 2.75) is 39.7 Å². The molecule has 1 unspecified atom stereocenters. The van der Waals surface area contributed by atoms with E-state index in [4.69, 9.17) is 5.73 Å². The van der Waals surface area contributed by atoms with Gasteiger partial charge < -0.3 is 16.0 Å². The molecule has 0 radical (unpaired) electrons. The zero-order valence-corrected chi connectivity index (χ0v) is 11.0. The van der Waals surface area contributed by atoms with Gasteiger partial charge in [-0.2, -0.15) is 0 Å². The van der Waals surface area contributed by atoms with Crippen LogP contribution in [0.4, 0.5) is 0 Å². The second-order valence-corrected chi connectivity index (χ2v) is 5.66. The van der Waals surface area contributed by atoms with E-state index in [2.05, 4.69) is 5.32 Å². The monoisotopic (exact) mass is 241 g/mol. The van der Waals surface area contributed by atoms with Gasteiger partial charge in [-0.3, -0.25) is 9.59 Å². The number of rotatable bonds is 2. The molecule has 0 aromatic rings. The van der Waals surface area contributed by atoms with Gasteiger partial charge in [0.15, 0.2) is 0 Å². The van der Waals surface area contributed by atoms with Crippen LogP contribution >= 0.6 is 0 Å². The van der Waals surface area contributed by atoms with Gasteiger partial charge >= 0.3 is 0 Å². The Balaban J connectivity index is 2.49. The topological polar surface area (TPSA) is 75.4 Å². The number of amides is 2. The first-order valence-corrected chi connectivity index (χ1v) is 6.11. The Bertz CT molecular complexity index is 297. The van der Waals surface area contributed by atoms with Crippen molar-refractivity contribution in [3.8, 4) is 0 Å². The van der Waals surface area contributed by atoms with Crippen molar-refractivity contribution in [3.63, 3.8) is 0 Å². The molecule has 3 N–H and O–H groups in total. The minimum absolute atomic E-state index is 0.0143. The fraction of sp³-hybridized carbons (Fsp3) is 0.833. The van der Waals surface area contributed by atoms with E-state index < -0.39 is 0 Å². The number of nitrogens with one attached hydrogen (secondary N) is 1. The molecule has 0 aromatic heterocycles. The molecule has 1 fully saturated rings. The third kappa shape index (κ3) is 4.34. The van der Waals surface area contributed by atoms with Crippen molar-refractivity contribution >= 4 is 11.8 Å². The summed E-state index contributed by atoms with van der Waals surface area (Å²) in [6.07, 6.45) is 0.730. The molecule has 1 rings (SSSR count). The van der Waals surface area contributed by atoms with Crippen LogP contribution in [0.15, 0.2) is 0 Å². The Kier molecular flexibility index (Phi) is 4.51. The summed E-state index contributed by atoms with van der Waals surface area (Å²) in [5, 5.41) is 2.75. The summed E-state index contributed by atoms with van der Waals surface area (Å²) in [7, 11) is 0. The first-order valence-electron chi connectivity index (χ1n) is 6.11. The molecule has 5 heteroatoms. The van der Waals surface area contributed by atoms with Crippen molar-refractivity contribution in [2.24, 2.45) is 11.1 Å². The van der Waals surface area contributed by atoms with Gasteiger partial charge in [0.2, 0.25) is 11.8 Å². The van der Waals surface area contributed by atoms with Gasteiger partial charge in [0.05, 0.1) is 0 Å². The minimum atomic E-state index is -0.151. The van der Waals surface area contributed by atoms with Gasteiger partial charge in [-0.15, -0.1) is 0 Å². The normalized spacial score (nSPS) is 19.5. The second kappa shape index (κ2) is 5.49. The molecule has 1 heterocycles. The largest absolute Gasteiger partial charge is 0.354 e. The molecule has 17 heavy (non-hydrogen) atoms. The summed E-state index contributed by atoms with van der Waals surface area (Å²) >= 11 is 0. The maximum Gasteiger partial charge on any atom is 0.224 e. The summed E-state index contributed by atoms with van der Waals surface area (Å²) in [5.74, 6) is 0.0596. The highest BCUT2D eigenvalue weighted by molar-refractivity contribution is 5.80. The molecule has 0 saturated carbocycles. The number of carbonyl (C=O) groups is 2. The zero-order chi connectivity index (χ0) is 13.1. The maximum atomic E-state index is 12.0. The van der Waals surface area contributed by atoms with E-state index in [0.29, 0.717) is 32.5 Å². The van der Waals surface area contributed by atoms with Crippen molar-refractivity contribution in [1.82, 2.24) is 10.2 Å². The van der Waals surface area contributed by atoms with Crippen LogP contribution in [0.1, 0.15) is 33.6 Å². The van der Waals surface area contributed by atoms with Crippen LogP contribution in [-0.2, 0) is 9.59 Å². The predicted octanol–water partition coefficient (Wildman–Crippen LogP) is 0.0984. The number of carbonyl (C=O) groups excluding carboxylic acids is 2. The number of hydrogen-bond acceptors (Lipinski definition) is 3. The predicted molar refractivity (Wildman–Crippen MR) is 66.3 cm³/mol. The van der Waals surface area contributed by atoms with Crippen LogP contribution in [0.25, 0.3) is 0 Å². The SMILES string of the molecule is CC(C)(C)C(N)CC(=O)N1CCNC(=O)CC1. The Morgan fingerprint density at radius 3 is 2.71 bits per heavy atom.